The molecule has 0 saturated carbocycles. The van der Waals surface area contributed by atoms with Crippen LogP contribution in [0.4, 0.5) is 5.69 Å². The van der Waals surface area contributed by atoms with Gasteiger partial charge in [-0.1, -0.05) is 58.1 Å². The molecule has 196 valence electrons. The molecular weight excluding hydrogens is 502 g/mol. The van der Waals surface area contributed by atoms with Gasteiger partial charge in [0.15, 0.2) is 9.84 Å². The monoisotopic (exact) mass is 537 g/mol. The van der Waals surface area contributed by atoms with Crippen LogP contribution in [0.5, 0.6) is 0 Å². The van der Waals surface area contributed by atoms with Gasteiger partial charge in [0.1, 0.15) is 0 Å². The second-order valence-corrected chi connectivity index (χ2v) is 13.4. The molecule has 2 aliphatic rings. The lowest BCUT2D eigenvalue weighted by Gasteiger charge is -2.23. The normalized spacial score (nSPS) is 19.5. The van der Waals surface area contributed by atoms with E-state index >= 15 is 0 Å². The van der Waals surface area contributed by atoms with Gasteiger partial charge in [-0.25, -0.2) is 13.3 Å². The Morgan fingerprint density at radius 1 is 0.946 bits per heavy atom. The first-order valence-electron chi connectivity index (χ1n) is 12.2. The summed E-state index contributed by atoms with van der Waals surface area (Å²) in [7, 11) is 0.268. The fraction of sp³-hybridized carbons (Fsp3) is 0.333. The topological polar surface area (TPSA) is 55.8 Å². The number of sulfone groups is 1. The van der Waals surface area contributed by atoms with Crippen LogP contribution in [0.25, 0.3) is 5.57 Å². The summed E-state index contributed by atoms with van der Waals surface area (Å²) >= 11 is 1.21. The minimum atomic E-state index is -3.26. The predicted octanol–water partition coefficient (Wildman–Crippen LogP) is 7.16. The van der Waals surface area contributed by atoms with Crippen LogP contribution in [0.3, 0.4) is 0 Å². The number of nitrogens with zero attached hydrogens (tertiary/aromatic N) is 1. The lowest BCUT2D eigenvalue weighted by Crippen LogP contribution is -2.22. The first kappa shape index (κ1) is 27.5. The van der Waals surface area contributed by atoms with E-state index in [1.807, 2.05) is 19.2 Å². The second-order valence-electron chi connectivity index (χ2n) is 10.6. The summed E-state index contributed by atoms with van der Waals surface area (Å²) in [6.45, 7) is 10.9. The Bertz CT molecular complexity index is 1460. The minimum absolute atomic E-state index is 0.126. The first-order chi connectivity index (χ1) is 17.3. The molecule has 1 aliphatic heterocycles. The Labute approximate surface area is 225 Å². The van der Waals surface area contributed by atoms with Crippen molar-refractivity contribution < 1.29 is 17.6 Å². The van der Waals surface area contributed by atoms with E-state index < -0.39 is 9.84 Å². The van der Waals surface area contributed by atoms with Crippen LogP contribution in [0.1, 0.15) is 51.3 Å². The standard InChI is InChI=1S/C30H35NO4S2/c1-20-23-16-14-21(36-35-34-7)18-25(23)29(2,3)24(20)12-10-9-11-13-28-30(4,5)26-19-22(37(8,32)33)15-17-27(26)31(28)6/h9-19H,1-8H3/b11-9-,12-10+,28-13-. The maximum atomic E-state index is 12.1. The van der Waals surface area contributed by atoms with Crippen molar-refractivity contribution in [2.45, 2.75) is 55.2 Å². The van der Waals surface area contributed by atoms with Crippen LogP contribution in [-0.2, 0) is 29.9 Å². The second kappa shape index (κ2) is 9.95. The molecule has 0 amide bonds. The molecule has 0 atom stereocenters. The number of hydrogen-bond acceptors (Lipinski definition) is 6. The summed E-state index contributed by atoms with van der Waals surface area (Å²) in [6.07, 6.45) is 11.7. The van der Waals surface area contributed by atoms with Crippen LogP contribution in [0.2, 0.25) is 0 Å². The van der Waals surface area contributed by atoms with Gasteiger partial charge in [0, 0.05) is 40.4 Å². The largest absolute Gasteiger partial charge is 0.347 e. The molecule has 4 rings (SSSR count). The molecule has 0 fully saturated rings. The Balaban J connectivity index is 1.55. The fourth-order valence-electron chi connectivity index (χ4n) is 5.49. The van der Waals surface area contributed by atoms with E-state index in [0.717, 1.165) is 21.8 Å². The van der Waals surface area contributed by atoms with Crippen molar-refractivity contribution in [3.05, 3.63) is 94.7 Å². The van der Waals surface area contributed by atoms with Gasteiger partial charge in [-0.3, -0.25) is 0 Å². The van der Waals surface area contributed by atoms with Gasteiger partial charge in [-0.05, 0) is 71.2 Å². The molecular formula is C30H35NO4S2. The summed E-state index contributed by atoms with van der Waals surface area (Å²) in [5.41, 5.74) is 7.84. The molecule has 37 heavy (non-hydrogen) atoms. The molecule has 0 N–H and O–H groups in total. The van der Waals surface area contributed by atoms with Gasteiger partial charge >= 0.3 is 0 Å². The lowest BCUT2D eigenvalue weighted by molar-refractivity contribution is -0.160. The minimum Gasteiger partial charge on any atom is -0.347 e. The number of allylic oxidation sites excluding steroid dienone is 8. The Kier molecular flexibility index (Phi) is 7.38. The first-order valence-corrected chi connectivity index (χ1v) is 14.8. The smallest absolute Gasteiger partial charge is 0.175 e. The number of hydrogen-bond donors (Lipinski definition) is 0. The van der Waals surface area contributed by atoms with Crippen molar-refractivity contribution >= 4 is 33.1 Å². The van der Waals surface area contributed by atoms with Crippen molar-refractivity contribution in [3.8, 4) is 0 Å². The van der Waals surface area contributed by atoms with Crippen molar-refractivity contribution in [1.29, 1.82) is 0 Å². The molecule has 0 spiro atoms. The van der Waals surface area contributed by atoms with Gasteiger partial charge in [-0.15, -0.1) is 0 Å². The van der Waals surface area contributed by atoms with E-state index in [4.69, 9.17) is 9.22 Å². The molecule has 5 nitrogen and oxygen atoms in total. The van der Waals surface area contributed by atoms with Crippen LogP contribution in [-0.4, -0.2) is 28.8 Å². The molecule has 1 aliphatic carbocycles. The Morgan fingerprint density at radius 2 is 1.68 bits per heavy atom. The maximum Gasteiger partial charge on any atom is 0.175 e. The predicted molar refractivity (Wildman–Crippen MR) is 153 cm³/mol. The molecule has 0 aromatic heterocycles. The average molecular weight is 538 g/mol. The number of benzene rings is 2. The number of anilines is 1. The van der Waals surface area contributed by atoms with E-state index in [1.165, 1.54) is 47.7 Å². The summed E-state index contributed by atoms with van der Waals surface area (Å²) in [4.78, 5) is 8.23. The van der Waals surface area contributed by atoms with E-state index in [-0.39, 0.29) is 10.8 Å². The van der Waals surface area contributed by atoms with E-state index in [0.29, 0.717) is 4.90 Å². The van der Waals surface area contributed by atoms with Gasteiger partial charge in [0.05, 0.1) is 24.0 Å². The average Bonchev–Trinajstić information content (AvgIpc) is 3.15. The lowest BCUT2D eigenvalue weighted by atomic mass is 9.81. The van der Waals surface area contributed by atoms with E-state index in [1.54, 1.807) is 6.07 Å². The number of fused-ring (bicyclic) bond motifs is 2. The summed E-state index contributed by atoms with van der Waals surface area (Å²) < 4.78 is 29.2. The summed E-state index contributed by atoms with van der Waals surface area (Å²) in [5.74, 6) is 0. The maximum absolute atomic E-state index is 12.1. The third kappa shape index (κ3) is 4.98. The van der Waals surface area contributed by atoms with Gasteiger partial charge in [-0.2, -0.15) is 4.33 Å². The van der Waals surface area contributed by atoms with Crippen LogP contribution >= 0.6 is 12.0 Å². The highest BCUT2D eigenvalue weighted by atomic mass is 32.2. The summed E-state index contributed by atoms with van der Waals surface area (Å²) in [5, 5.41) is 0. The SMILES string of the molecule is COOSc1ccc2c(c1)C(C)(C)C(/C=C/C=C\C=C1/N(C)c3ccc(S(C)(=O)=O)cc3C1(C)C)=C2C. The highest BCUT2D eigenvalue weighted by Crippen LogP contribution is 2.48. The number of likely N-dealkylation sites (N-methyl/N-ethyl adjacent to an activating group) is 1. The van der Waals surface area contributed by atoms with Crippen LogP contribution in [0, 0.1) is 0 Å². The summed E-state index contributed by atoms with van der Waals surface area (Å²) in [6, 6.07) is 11.8. The van der Waals surface area contributed by atoms with Crippen molar-refractivity contribution in [1.82, 2.24) is 0 Å². The quantitative estimate of drug-likeness (QED) is 0.162. The van der Waals surface area contributed by atoms with Crippen molar-refractivity contribution in [2.75, 3.05) is 25.3 Å². The van der Waals surface area contributed by atoms with Gasteiger partial charge in [0.25, 0.3) is 0 Å². The Morgan fingerprint density at radius 3 is 2.35 bits per heavy atom. The fourth-order valence-corrected chi connectivity index (χ4v) is 6.58. The molecule has 0 saturated heterocycles. The van der Waals surface area contributed by atoms with Crippen molar-refractivity contribution in [2.24, 2.45) is 0 Å². The number of rotatable bonds is 7. The van der Waals surface area contributed by atoms with Crippen LogP contribution in [0.15, 0.2) is 87.8 Å². The zero-order chi connectivity index (χ0) is 27.2. The third-order valence-electron chi connectivity index (χ3n) is 7.52. The van der Waals surface area contributed by atoms with E-state index in [2.05, 4.69) is 88.1 Å². The molecule has 7 heteroatoms. The van der Waals surface area contributed by atoms with Crippen LogP contribution < -0.4 is 4.90 Å². The molecule has 2 aromatic carbocycles. The van der Waals surface area contributed by atoms with Gasteiger partial charge < -0.3 is 4.90 Å². The third-order valence-corrected chi connectivity index (χ3v) is 9.28. The van der Waals surface area contributed by atoms with E-state index in [9.17, 15) is 8.42 Å². The zero-order valence-corrected chi connectivity index (χ0v) is 24.4. The highest BCUT2D eigenvalue weighted by Gasteiger charge is 2.39. The molecule has 1 heterocycles. The zero-order valence-electron chi connectivity index (χ0n) is 22.7. The highest BCUT2D eigenvalue weighted by molar-refractivity contribution is 7.94. The molecule has 0 unspecified atom stereocenters. The van der Waals surface area contributed by atoms with Crippen molar-refractivity contribution in [3.63, 3.8) is 0 Å². The molecule has 2 aromatic rings. The Hall–Kier alpha value is -2.58. The van der Waals surface area contributed by atoms with Gasteiger partial charge in [0.2, 0.25) is 0 Å². The molecule has 0 bridgehead atoms. The molecule has 0 radical (unpaired) electrons.